The highest BCUT2D eigenvalue weighted by molar-refractivity contribution is 7.92. The van der Waals surface area contributed by atoms with Crippen molar-refractivity contribution in [2.24, 2.45) is 5.73 Å². The van der Waals surface area contributed by atoms with E-state index in [1.54, 1.807) is 22.9 Å². The summed E-state index contributed by atoms with van der Waals surface area (Å²) in [6.07, 6.45) is 3.66. The van der Waals surface area contributed by atoms with E-state index in [1.165, 1.54) is 10.6 Å². The summed E-state index contributed by atoms with van der Waals surface area (Å²) >= 11 is 0. The third-order valence-electron chi connectivity index (χ3n) is 3.14. The van der Waals surface area contributed by atoms with Gasteiger partial charge in [0.25, 0.3) is 10.0 Å². The average Bonchev–Trinajstić information content (AvgIpc) is 2.98. The van der Waals surface area contributed by atoms with E-state index in [0.29, 0.717) is 31.7 Å². The minimum atomic E-state index is -3.67. The first kappa shape index (κ1) is 15.5. The summed E-state index contributed by atoms with van der Waals surface area (Å²) in [6.45, 7) is 3.38. The second-order valence-corrected chi connectivity index (χ2v) is 6.41. The van der Waals surface area contributed by atoms with Crippen LogP contribution in [0.5, 0.6) is 0 Å². The molecule has 0 fully saturated rings. The second kappa shape index (κ2) is 6.73. The molecule has 2 N–H and O–H groups in total. The number of imidazole rings is 1. The number of rotatable bonds is 7. The lowest BCUT2D eigenvalue weighted by molar-refractivity contribution is 0.586. The van der Waals surface area contributed by atoms with Crippen LogP contribution in [-0.4, -0.2) is 31.1 Å². The predicted molar refractivity (Wildman–Crippen MR) is 82.5 cm³/mol. The molecule has 21 heavy (non-hydrogen) atoms. The topological polar surface area (TPSA) is 81.2 Å². The zero-order chi connectivity index (χ0) is 15.3. The number of sulfonamides is 1. The molecule has 0 aliphatic heterocycles. The van der Waals surface area contributed by atoms with Gasteiger partial charge in [-0.15, -0.1) is 0 Å². The van der Waals surface area contributed by atoms with Crippen LogP contribution in [0.25, 0.3) is 0 Å². The SMILES string of the molecule is CCn1cnc(S(=O)(=O)N(CCCN)c2ccccc2)c1. The Kier molecular flexibility index (Phi) is 4.98. The molecule has 6 nitrogen and oxygen atoms in total. The highest BCUT2D eigenvalue weighted by Crippen LogP contribution is 2.22. The first-order valence-corrected chi connectivity index (χ1v) is 8.33. The lowest BCUT2D eigenvalue weighted by Gasteiger charge is -2.23. The third-order valence-corrected chi connectivity index (χ3v) is 4.85. The summed E-state index contributed by atoms with van der Waals surface area (Å²) in [5.74, 6) is 0. The molecule has 1 aromatic heterocycles. The van der Waals surface area contributed by atoms with Crippen LogP contribution in [0.2, 0.25) is 0 Å². The molecule has 2 rings (SSSR count). The van der Waals surface area contributed by atoms with Crippen molar-refractivity contribution in [3.63, 3.8) is 0 Å². The van der Waals surface area contributed by atoms with Gasteiger partial charge in [0.1, 0.15) is 0 Å². The summed E-state index contributed by atoms with van der Waals surface area (Å²) in [5.41, 5.74) is 6.14. The minimum absolute atomic E-state index is 0.0604. The quantitative estimate of drug-likeness (QED) is 0.839. The van der Waals surface area contributed by atoms with E-state index in [9.17, 15) is 8.42 Å². The molecule has 0 saturated heterocycles. The summed E-state index contributed by atoms with van der Waals surface area (Å²) in [7, 11) is -3.67. The predicted octanol–water partition coefficient (Wildman–Crippen LogP) is 1.45. The van der Waals surface area contributed by atoms with E-state index < -0.39 is 10.0 Å². The van der Waals surface area contributed by atoms with Crippen molar-refractivity contribution in [3.8, 4) is 0 Å². The van der Waals surface area contributed by atoms with Gasteiger partial charge in [-0.3, -0.25) is 4.31 Å². The number of benzene rings is 1. The van der Waals surface area contributed by atoms with E-state index in [1.807, 2.05) is 25.1 Å². The molecule has 0 aliphatic rings. The smallest absolute Gasteiger partial charge is 0.283 e. The second-order valence-electron chi connectivity index (χ2n) is 4.60. The van der Waals surface area contributed by atoms with Crippen LogP contribution < -0.4 is 10.0 Å². The average molecular weight is 308 g/mol. The number of para-hydroxylation sites is 1. The van der Waals surface area contributed by atoms with E-state index in [-0.39, 0.29) is 5.03 Å². The van der Waals surface area contributed by atoms with Gasteiger partial charge in [-0.25, -0.2) is 4.98 Å². The van der Waals surface area contributed by atoms with Crippen molar-refractivity contribution in [2.45, 2.75) is 24.9 Å². The van der Waals surface area contributed by atoms with E-state index in [0.717, 1.165) is 0 Å². The van der Waals surface area contributed by atoms with Gasteiger partial charge in [-0.1, -0.05) is 18.2 Å². The fourth-order valence-corrected chi connectivity index (χ4v) is 3.42. The highest BCUT2D eigenvalue weighted by Gasteiger charge is 2.26. The van der Waals surface area contributed by atoms with Gasteiger partial charge in [0, 0.05) is 19.3 Å². The first-order chi connectivity index (χ1) is 10.1. The zero-order valence-electron chi connectivity index (χ0n) is 12.0. The Labute approximate surface area is 125 Å². The summed E-state index contributed by atoms with van der Waals surface area (Å²) in [6, 6.07) is 9.01. The monoisotopic (exact) mass is 308 g/mol. The fourth-order valence-electron chi connectivity index (χ4n) is 1.98. The Morgan fingerprint density at radius 2 is 2.00 bits per heavy atom. The molecule has 0 saturated carbocycles. The molecule has 1 heterocycles. The summed E-state index contributed by atoms with van der Waals surface area (Å²) in [5, 5.41) is 0.0604. The Morgan fingerprint density at radius 1 is 1.29 bits per heavy atom. The van der Waals surface area contributed by atoms with Gasteiger partial charge in [0.2, 0.25) is 0 Å². The van der Waals surface area contributed by atoms with Gasteiger partial charge in [-0.05, 0) is 32.0 Å². The van der Waals surface area contributed by atoms with Gasteiger partial charge < -0.3 is 10.3 Å². The van der Waals surface area contributed by atoms with Crippen LogP contribution >= 0.6 is 0 Å². The summed E-state index contributed by atoms with van der Waals surface area (Å²) < 4.78 is 28.7. The Bertz CT molecular complexity index is 667. The van der Waals surface area contributed by atoms with Crippen LogP contribution in [0.4, 0.5) is 5.69 Å². The lowest BCUT2D eigenvalue weighted by Crippen LogP contribution is -2.33. The van der Waals surface area contributed by atoms with E-state index in [4.69, 9.17) is 5.73 Å². The van der Waals surface area contributed by atoms with Crippen LogP contribution in [0.1, 0.15) is 13.3 Å². The van der Waals surface area contributed by atoms with Crippen LogP contribution in [0.3, 0.4) is 0 Å². The molecular weight excluding hydrogens is 288 g/mol. The van der Waals surface area contributed by atoms with Crippen molar-refractivity contribution in [3.05, 3.63) is 42.9 Å². The maximum atomic E-state index is 12.8. The lowest BCUT2D eigenvalue weighted by atomic mass is 10.3. The van der Waals surface area contributed by atoms with Crippen LogP contribution in [0, 0.1) is 0 Å². The fraction of sp³-hybridized carbons (Fsp3) is 0.357. The molecule has 2 aromatic rings. The first-order valence-electron chi connectivity index (χ1n) is 6.89. The molecule has 0 bridgehead atoms. The van der Waals surface area contributed by atoms with Crippen LogP contribution in [0.15, 0.2) is 47.9 Å². The molecule has 0 radical (unpaired) electrons. The number of anilines is 1. The van der Waals surface area contributed by atoms with Crippen molar-refractivity contribution < 1.29 is 8.42 Å². The van der Waals surface area contributed by atoms with E-state index in [2.05, 4.69) is 4.98 Å². The number of nitrogens with zero attached hydrogens (tertiary/aromatic N) is 3. The number of hydrogen-bond donors (Lipinski definition) is 1. The number of aryl methyl sites for hydroxylation is 1. The molecule has 1 aromatic carbocycles. The highest BCUT2D eigenvalue weighted by atomic mass is 32.2. The third kappa shape index (κ3) is 3.43. The van der Waals surface area contributed by atoms with Crippen molar-refractivity contribution in [2.75, 3.05) is 17.4 Å². The molecule has 0 aliphatic carbocycles. The largest absolute Gasteiger partial charge is 0.336 e. The van der Waals surface area contributed by atoms with Crippen molar-refractivity contribution in [1.82, 2.24) is 9.55 Å². The molecule has 114 valence electrons. The van der Waals surface area contributed by atoms with Crippen molar-refractivity contribution >= 4 is 15.7 Å². The van der Waals surface area contributed by atoms with Gasteiger partial charge in [-0.2, -0.15) is 8.42 Å². The van der Waals surface area contributed by atoms with Gasteiger partial charge in [0.15, 0.2) is 5.03 Å². The van der Waals surface area contributed by atoms with Gasteiger partial charge >= 0.3 is 0 Å². The Balaban J connectivity index is 2.39. The number of nitrogens with two attached hydrogens (primary N) is 1. The molecule has 0 atom stereocenters. The molecular formula is C14H20N4O2S. The number of hydrogen-bond acceptors (Lipinski definition) is 4. The van der Waals surface area contributed by atoms with E-state index >= 15 is 0 Å². The Hall–Kier alpha value is -1.86. The maximum Gasteiger partial charge on any atom is 0.283 e. The van der Waals surface area contributed by atoms with Crippen LogP contribution in [-0.2, 0) is 16.6 Å². The number of aromatic nitrogens is 2. The maximum absolute atomic E-state index is 12.8. The van der Waals surface area contributed by atoms with Crippen molar-refractivity contribution in [1.29, 1.82) is 0 Å². The molecule has 0 spiro atoms. The molecule has 7 heteroatoms. The molecule has 0 unspecified atom stereocenters. The zero-order valence-corrected chi connectivity index (χ0v) is 12.8. The standard InChI is InChI=1S/C14H20N4O2S/c1-2-17-11-14(16-12-17)21(19,20)18(10-6-9-15)13-7-4-3-5-8-13/h3-5,7-8,11-12H,2,6,9-10,15H2,1H3. The Morgan fingerprint density at radius 3 is 2.57 bits per heavy atom. The van der Waals surface area contributed by atoms with Gasteiger partial charge in [0.05, 0.1) is 12.0 Å². The normalized spacial score (nSPS) is 11.5. The molecule has 0 amide bonds. The summed E-state index contributed by atoms with van der Waals surface area (Å²) in [4.78, 5) is 4.02. The minimum Gasteiger partial charge on any atom is -0.336 e.